The number of aryl methyl sites for hydroxylation is 1. The molecule has 0 radical (unpaired) electrons. The fourth-order valence-corrected chi connectivity index (χ4v) is 3.08. The molecule has 2 aromatic heterocycles. The molecule has 0 bridgehead atoms. The molecular formula is C17H17N3O3S. The second-order valence-corrected chi connectivity index (χ2v) is 6.12. The monoisotopic (exact) mass is 343 g/mol. The number of amides is 2. The first-order valence-corrected chi connectivity index (χ1v) is 8.16. The van der Waals surface area contributed by atoms with Gasteiger partial charge in [0.25, 0.3) is 0 Å². The molecule has 0 unspecified atom stereocenters. The number of furan rings is 1. The number of aromatic nitrogens is 1. The van der Waals surface area contributed by atoms with E-state index in [1.165, 1.54) is 11.3 Å². The summed E-state index contributed by atoms with van der Waals surface area (Å²) in [5.74, 6) is 1.48. The van der Waals surface area contributed by atoms with Crippen molar-refractivity contribution < 1.29 is 13.9 Å². The first-order valence-electron chi connectivity index (χ1n) is 7.35. The van der Waals surface area contributed by atoms with Crippen molar-refractivity contribution in [1.29, 1.82) is 0 Å². The summed E-state index contributed by atoms with van der Waals surface area (Å²) >= 11 is 1.51. The molecule has 3 rings (SSSR count). The van der Waals surface area contributed by atoms with E-state index in [1.807, 2.05) is 19.1 Å². The molecule has 6 nitrogen and oxygen atoms in total. The van der Waals surface area contributed by atoms with E-state index < -0.39 is 0 Å². The molecule has 0 atom stereocenters. The maximum Gasteiger partial charge on any atom is 0.319 e. The van der Waals surface area contributed by atoms with Gasteiger partial charge in [0.1, 0.15) is 5.75 Å². The van der Waals surface area contributed by atoms with Crippen LogP contribution in [0.5, 0.6) is 5.75 Å². The van der Waals surface area contributed by atoms with Crippen molar-refractivity contribution in [3.63, 3.8) is 0 Å². The van der Waals surface area contributed by atoms with Crippen LogP contribution < -0.4 is 15.4 Å². The highest BCUT2D eigenvalue weighted by Gasteiger charge is 2.12. The number of benzene rings is 1. The van der Waals surface area contributed by atoms with E-state index in [9.17, 15) is 4.79 Å². The molecular weight excluding hydrogens is 326 g/mol. The molecule has 2 N–H and O–H groups in total. The molecule has 0 aliphatic carbocycles. The molecule has 0 saturated heterocycles. The van der Waals surface area contributed by atoms with E-state index in [1.54, 1.807) is 37.6 Å². The lowest BCUT2D eigenvalue weighted by Crippen LogP contribution is -2.28. The van der Waals surface area contributed by atoms with Gasteiger partial charge in [-0.1, -0.05) is 0 Å². The molecule has 2 amide bonds. The number of nitrogens with zero attached hydrogens (tertiary/aromatic N) is 1. The number of hydrogen-bond acceptors (Lipinski definition) is 5. The number of rotatable bonds is 5. The van der Waals surface area contributed by atoms with Crippen LogP contribution >= 0.6 is 11.3 Å². The Morgan fingerprint density at radius 3 is 2.75 bits per heavy atom. The third-order valence-electron chi connectivity index (χ3n) is 3.38. The topological polar surface area (TPSA) is 76.4 Å². The van der Waals surface area contributed by atoms with Crippen LogP contribution in [0.3, 0.4) is 0 Å². The lowest BCUT2D eigenvalue weighted by atomic mass is 10.3. The molecule has 3 aromatic rings. The second-order valence-electron chi connectivity index (χ2n) is 5.04. The van der Waals surface area contributed by atoms with Gasteiger partial charge in [0.05, 0.1) is 25.6 Å². The first-order chi connectivity index (χ1) is 11.7. The fraction of sp³-hybridized carbons (Fsp3) is 0.176. The Bertz CT molecular complexity index is 810. The smallest absolute Gasteiger partial charge is 0.319 e. The van der Waals surface area contributed by atoms with Crippen molar-refractivity contribution in [3.05, 3.63) is 53.2 Å². The molecule has 0 aliphatic rings. The molecule has 7 heteroatoms. The molecule has 124 valence electrons. The number of carbonyl (C=O) groups excluding carboxylic acids is 1. The van der Waals surface area contributed by atoms with Gasteiger partial charge in [-0.3, -0.25) is 0 Å². The van der Waals surface area contributed by atoms with Crippen LogP contribution in [0.15, 0.2) is 47.1 Å². The highest BCUT2D eigenvalue weighted by atomic mass is 32.1. The SMILES string of the molecule is COc1ccc(NC(=O)NCc2sc(-c3ccco3)nc2C)cc1. The van der Waals surface area contributed by atoms with Gasteiger partial charge in [0, 0.05) is 10.6 Å². The number of methoxy groups -OCH3 is 1. The van der Waals surface area contributed by atoms with E-state index >= 15 is 0 Å². The maximum atomic E-state index is 12.0. The number of thiazole rings is 1. The summed E-state index contributed by atoms with van der Waals surface area (Å²) < 4.78 is 10.4. The Balaban J connectivity index is 1.58. The van der Waals surface area contributed by atoms with E-state index in [4.69, 9.17) is 9.15 Å². The number of urea groups is 1. The van der Waals surface area contributed by atoms with Crippen molar-refractivity contribution in [2.45, 2.75) is 13.5 Å². The number of anilines is 1. The highest BCUT2D eigenvalue weighted by Crippen LogP contribution is 2.28. The highest BCUT2D eigenvalue weighted by molar-refractivity contribution is 7.15. The fourth-order valence-electron chi connectivity index (χ4n) is 2.11. The Labute approximate surface area is 143 Å². The van der Waals surface area contributed by atoms with Crippen molar-refractivity contribution in [3.8, 4) is 16.5 Å². The molecule has 0 fully saturated rings. The van der Waals surface area contributed by atoms with Gasteiger partial charge in [-0.05, 0) is 43.3 Å². The Kier molecular flexibility index (Phi) is 4.81. The summed E-state index contributed by atoms with van der Waals surface area (Å²) in [7, 11) is 1.60. The third kappa shape index (κ3) is 3.75. The van der Waals surface area contributed by atoms with Crippen molar-refractivity contribution in [2.24, 2.45) is 0 Å². The number of hydrogen-bond donors (Lipinski definition) is 2. The summed E-state index contributed by atoms with van der Waals surface area (Å²) in [6.45, 7) is 2.33. The molecule has 0 aliphatic heterocycles. The van der Waals surface area contributed by atoms with Gasteiger partial charge in [-0.25, -0.2) is 9.78 Å². The standard InChI is InChI=1S/C17H17N3O3S/c1-11-15(24-16(19-11)14-4-3-9-23-14)10-18-17(21)20-12-5-7-13(22-2)8-6-12/h3-9H,10H2,1-2H3,(H2,18,20,21). The Hall–Kier alpha value is -2.80. The predicted octanol–water partition coefficient (Wildman–Crippen LogP) is 4.04. The van der Waals surface area contributed by atoms with Crippen molar-refractivity contribution in [2.75, 3.05) is 12.4 Å². The summed E-state index contributed by atoms with van der Waals surface area (Å²) in [4.78, 5) is 17.5. The number of ether oxygens (including phenoxy) is 1. The first kappa shape index (κ1) is 16.1. The minimum absolute atomic E-state index is 0.271. The average Bonchev–Trinajstić information content (AvgIpc) is 3.23. The van der Waals surface area contributed by atoms with Gasteiger partial charge in [0.2, 0.25) is 0 Å². The Morgan fingerprint density at radius 1 is 1.29 bits per heavy atom. The summed E-state index contributed by atoms with van der Waals surface area (Å²) in [6, 6.07) is 10.6. The van der Waals surface area contributed by atoms with Gasteiger partial charge in [0.15, 0.2) is 10.8 Å². The average molecular weight is 343 g/mol. The van der Waals surface area contributed by atoms with Crippen LogP contribution in [-0.2, 0) is 6.54 Å². The van der Waals surface area contributed by atoms with Crippen LogP contribution in [0.4, 0.5) is 10.5 Å². The molecule has 1 aromatic carbocycles. The largest absolute Gasteiger partial charge is 0.497 e. The molecule has 24 heavy (non-hydrogen) atoms. The van der Waals surface area contributed by atoms with Gasteiger partial charge in [-0.15, -0.1) is 11.3 Å². The van der Waals surface area contributed by atoms with E-state index in [0.29, 0.717) is 12.2 Å². The van der Waals surface area contributed by atoms with Gasteiger partial charge >= 0.3 is 6.03 Å². The summed E-state index contributed by atoms with van der Waals surface area (Å²) in [5, 5.41) is 6.42. The van der Waals surface area contributed by atoms with Crippen LogP contribution in [0.25, 0.3) is 10.8 Å². The van der Waals surface area contributed by atoms with Crippen molar-refractivity contribution >= 4 is 23.1 Å². The van der Waals surface area contributed by atoms with Crippen LogP contribution in [-0.4, -0.2) is 18.1 Å². The predicted molar refractivity (Wildman–Crippen MR) is 93.4 cm³/mol. The quantitative estimate of drug-likeness (QED) is 0.733. The normalized spacial score (nSPS) is 10.4. The molecule has 0 spiro atoms. The maximum absolute atomic E-state index is 12.0. The zero-order chi connectivity index (χ0) is 16.9. The Morgan fingerprint density at radius 2 is 2.08 bits per heavy atom. The van der Waals surface area contributed by atoms with Crippen LogP contribution in [0.2, 0.25) is 0 Å². The zero-order valence-corrected chi connectivity index (χ0v) is 14.1. The summed E-state index contributed by atoms with van der Waals surface area (Å²) in [5.41, 5.74) is 1.58. The number of carbonyl (C=O) groups is 1. The minimum atomic E-state index is -0.271. The second kappa shape index (κ2) is 7.18. The lowest BCUT2D eigenvalue weighted by molar-refractivity contribution is 0.252. The molecule has 2 heterocycles. The van der Waals surface area contributed by atoms with Gasteiger partial charge < -0.3 is 19.8 Å². The summed E-state index contributed by atoms with van der Waals surface area (Å²) in [6.07, 6.45) is 1.62. The number of nitrogens with one attached hydrogen (secondary N) is 2. The minimum Gasteiger partial charge on any atom is -0.497 e. The lowest BCUT2D eigenvalue weighted by Gasteiger charge is -2.07. The van der Waals surface area contributed by atoms with E-state index in [0.717, 1.165) is 27.1 Å². The van der Waals surface area contributed by atoms with E-state index in [-0.39, 0.29) is 6.03 Å². The third-order valence-corrected chi connectivity index (χ3v) is 4.55. The van der Waals surface area contributed by atoms with Gasteiger partial charge in [-0.2, -0.15) is 0 Å². The van der Waals surface area contributed by atoms with Crippen LogP contribution in [0, 0.1) is 6.92 Å². The zero-order valence-electron chi connectivity index (χ0n) is 13.3. The van der Waals surface area contributed by atoms with Crippen molar-refractivity contribution in [1.82, 2.24) is 10.3 Å². The molecule has 0 saturated carbocycles. The van der Waals surface area contributed by atoms with Crippen LogP contribution in [0.1, 0.15) is 10.6 Å². The van der Waals surface area contributed by atoms with E-state index in [2.05, 4.69) is 15.6 Å².